The van der Waals surface area contributed by atoms with Crippen molar-refractivity contribution in [1.82, 2.24) is 19.8 Å². The van der Waals surface area contributed by atoms with Crippen molar-refractivity contribution in [3.05, 3.63) is 77.1 Å². The molecule has 0 bridgehead atoms. The smallest absolute Gasteiger partial charge is 0.235 e. The number of hydrogen-bond acceptors (Lipinski definition) is 5. The molecule has 0 saturated heterocycles. The van der Waals surface area contributed by atoms with Crippen molar-refractivity contribution in [1.29, 1.82) is 0 Å². The average Bonchev–Trinajstić information content (AvgIpc) is 3.22. The Labute approximate surface area is 160 Å². The van der Waals surface area contributed by atoms with Gasteiger partial charge in [0.1, 0.15) is 0 Å². The molecule has 0 saturated carbocycles. The molecule has 2 aromatic carbocycles. The van der Waals surface area contributed by atoms with Crippen molar-refractivity contribution in [2.75, 3.05) is 0 Å². The van der Waals surface area contributed by atoms with Gasteiger partial charge in [-0.1, -0.05) is 77.7 Å². The van der Waals surface area contributed by atoms with E-state index in [0.29, 0.717) is 0 Å². The number of nitrogens with zero attached hydrogens (tertiary/aromatic N) is 4. The van der Waals surface area contributed by atoms with Crippen molar-refractivity contribution in [3.63, 3.8) is 0 Å². The van der Waals surface area contributed by atoms with Gasteiger partial charge in [0.2, 0.25) is 10.8 Å². The van der Waals surface area contributed by atoms with E-state index >= 15 is 0 Å². The molecule has 2 aromatic heterocycles. The van der Waals surface area contributed by atoms with Crippen LogP contribution in [0.2, 0.25) is 0 Å². The molecule has 1 atom stereocenters. The number of fused-ring (bicyclic) bond motifs is 1. The van der Waals surface area contributed by atoms with Gasteiger partial charge in [-0.05, 0) is 23.6 Å². The highest BCUT2D eigenvalue weighted by Gasteiger charge is 2.21. The second kappa shape index (κ2) is 7.57. The van der Waals surface area contributed by atoms with E-state index in [1.807, 2.05) is 22.7 Å². The van der Waals surface area contributed by atoms with Crippen LogP contribution >= 0.6 is 23.1 Å². The van der Waals surface area contributed by atoms with Gasteiger partial charge < -0.3 is 5.73 Å². The molecule has 5 nitrogen and oxygen atoms in total. The summed E-state index contributed by atoms with van der Waals surface area (Å²) in [5.41, 5.74) is 8.16. The highest BCUT2D eigenvalue weighted by atomic mass is 32.2. The molecule has 0 fully saturated rings. The third-order valence-corrected chi connectivity index (χ3v) is 6.38. The number of quaternary nitrogens is 1. The first-order chi connectivity index (χ1) is 12.7. The molecular weight excluding hydrogens is 362 g/mol. The first-order valence-corrected chi connectivity index (χ1v) is 10.3. The monoisotopic (exact) mass is 382 g/mol. The van der Waals surface area contributed by atoms with Gasteiger partial charge in [-0.15, -0.1) is 15.3 Å². The summed E-state index contributed by atoms with van der Waals surface area (Å²) in [5.74, 6) is 1.73. The third kappa shape index (κ3) is 3.65. The van der Waals surface area contributed by atoms with Crippen LogP contribution in [0.15, 0.2) is 58.9 Å². The van der Waals surface area contributed by atoms with E-state index in [-0.39, 0.29) is 6.04 Å². The van der Waals surface area contributed by atoms with E-state index in [1.54, 1.807) is 23.1 Å². The van der Waals surface area contributed by atoms with E-state index in [2.05, 4.69) is 59.3 Å². The molecule has 0 amide bonds. The molecule has 26 heavy (non-hydrogen) atoms. The van der Waals surface area contributed by atoms with Crippen LogP contribution in [0.4, 0.5) is 0 Å². The first kappa shape index (κ1) is 17.2. The summed E-state index contributed by atoms with van der Waals surface area (Å²) in [6.45, 7) is 2.14. The minimum Gasteiger partial charge on any atom is -0.348 e. The first-order valence-electron chi connectivity index (χ1n) is 8.47. The number of aryl methyl sites for hydroxylation is 1. The normalized spacial score (nSPS) is 12.5. The Hall–Kier alpha value is -2.22. The Kier molecular flexibility index (Phi) is 5.01. The van der Waals surface area contributed by atoms with Gasteiger partial charge in [-0.3, -0.25) is 0 Å². The number of hydrogen-bond donors (Lipinski definition) is 1. The van der Waals surface area contributed by atoms with Crippen molar-refractivity contribution in [2.24, 2.45) is 0 Å². The molecule has 3 N–H and O–H groups in total. The third-order valence-electron chi connectivity index (χ3n) is 4.30. The van der Waals surface area contributed by atoms with Crippen LogP contribution in [0.3, 0.4) is 0 Å². The van der Waals surface area contributed by atoms with Crippen LogP contribution in [0.1, 0.15) is 28.6 Å². The molecule has 2 heterocycles. The van der Waals surface area contributed by atoms with Crippen LogP contribution in [0, 0.1) is 6.92 Å². The highest BCUT2D eigenvalue weighted by Crippen LogP contribution is 2.29. The minimum atomic E-state index is 0.0173. The van der Waals surface area contributed by atoms with E-state index in [0.717, 1.165) is 27.3 Å². The minimum absolute atomic E-state index is 0.0173. The molecule has 4 rings (SSSR count). The number of benzene rings is 2. The van der Waals surface area contributed by atoms with Gasteiger partial charge in [0, 0.05) is 12.2 Å². The van der Waals surface area contributed by atoms with Gasteiger partial charge >= 0.3 is 0 Å². The summed E-state index contributed by atoms with van der Waals surface area (Å²) in [6, 6.07) is 18.8. The van der Waals surface area contributed by atoms with Crippen LogP contribution in [-0.2, 0) is 12.2 Å². The van der Waals surface area contributed by atoms with Gasteiger partial charge in [0.15, 0.2) is 10.4 Å². The Bertz CT molecular complexity index is 1010. The molecule has 0 aliphatic carbocycles. The van der Waals surface area contributed by atoms with E-state index in [9.17, 15) is 0 Å². The summed E-state index contributed by atoms with van der Waals surface area (Å²) in [5, 5.41) is 13.3. The average molecular weight is 383 g/mol. The topological polar surface area (TPSA) is 70.7 Å². The Morgan fingerprint density at radius 2 is 1.85 bits per heavy atom. The van der Waals surface area contributed by atoms with Gasteiger partial charge in [-0.2, -0.15) is 4.52 Å². The molecular formula is C19H20N5S2+. The van der Waals surface area contributed by atoms with Gasteiger partial charge in [0.05, 0.1) is 0 Å². The second-order valence-corrected chi connectivity index (χ2v) is 8.40. The standard InChI is InChI=1S/C19H19N5S2/c1-13-7-5-6-10-15(13)12-25-19-23-24-17(21-22-18(24)26-19)16(20)11-14-8-3-2-4-9-14/h2-10,16H,11-12,20H2,1H3/p+1/t16-/m0/s1. The summed E-state index contributed by atoms with van der Waals surface area (Å²) in [4.78, 5) is 0.828. The molecule has 0 radical (unpaired) electrons. The van der Waals surface area contributed by atoms with Crippen LogP contribution in [0.25, 0.3) is 4.96 Å². The Morgan fingerprint density at radius 3 is 2.65 bits per heavy atom. The maximum absolute atomic E-state index is 4.71. The zero-order valence-electron chi connectivity index (χ0n) is 14.5. The molecule has 132 valence electrons. The second-order valence-electron chi connectivity index (χ2n) is 6.22. The van der Waals surface area contributed by atoms with Crippen molar-refractivity contribution >= 4 is 28.1 Å². The SMILES string of the molecule is Cc1ccccc1CSc1nn2c([C@@H]([NH3+])Cc3ccccc3)nnc2s1. The summed E-state index contributed by atoms with van der Waals surface area (Å²) in [6.07, 6.45) is 0.824. The summed E-state index contributed by atoms with van der Waals surface area (Å²) in [7, 11) is 0. The van der Waals surface area contributed by atoms with Crippen LogP contribution in [0.5, 0.6) is 0 Å². The predicted molar refractivity (Wildman–Crippen MR) is 105 cm³/mol. The lowest BCUT2D eigenvalue weighted by Crippen LogP contribution is -2.55. The zero-order chi connectivity index (χ0) is 17.9. The van der Waals surface area contributed by atoms with E-state index in [4.69, 9.17) is 5.10 Å². The summed E-state index contributed by atoms with van der Waals surface area (Å²) >= 11 is 3.32. The Morgan fingerprint density at radius 1 is 1.08 bits per heavy atom. The summed E-state index contributed by atoms with van der Waals surface area (Å²) < 4.78 is 2.86. The molecule has 0 unspecified atom stereocenters. The van der Waals surface area contributed by atoms with Gasteiger partial charge in [0.25, 0.3) is 0 Å². The highest BCUT2D eigenvalue weighted by molar-refractivity contribution is 8.00. The fraction of sp³-hybridized carbons (Fsp3) is 0.211. The molecule has 4 aromatic rings. The fourth-order valence-corrected chi connectivity index (χ4v) is 4.79. The van der Waals surface area contributed by atoms with Crippen LogP contribution < -0.4 is 5.73 Å². The largest absolute Gasteiger partial charge is 0.348 e. The van der Waals surface area contributed by atoms with Crippen molar-refractivity contribution in [2.45, 2.75) is 29.5 Å². The molecule has 0 aliphatic heterocycles. The molecule has 0 spiro atoms. The van der Waals surface area contributed by atoms with Crippen molar-refractivity contribution < 1.29 is 5.73 Å². The fourth-order valence-electron chi connectivity index (χ4n) is 2.83. The number of rotatable bonds is 6. The van der Waals surface area contributed by atoms with E-state index in [1.165, 1.54) is 16.7 Å². The maximum atomic E-state index is 4.71. The zero-order valence-corrected chi connectivity index (χ0v) is 16.1. The lowest BCUT2D eigenvalue weighted by atomic mass is 10.1. The lowest BCUT2D eigenvalue weighted by Gasteiger charge is -2.05. The number of aromatic nitrogens is 4. The lowest BCUT2D eigenvalue weighted by molar-refractivity contribution is -0.428. The van der Waals surface area contributed by atoms with Gasteiger partial charge in [-0.25, -0.2) is 0 Å². The van der Waals surface area contributed by atoms with E-state index < -0.39 is 0 Å². The Balaban J connectivity index is 1.50. The quantitative estimate of drug-likeness (QED) is 0.519. The maximum Gasteiger partial charge on any atom is 0.235 e. The van der Waals surface area contributed by atoms with Crippen molar-refractivity contribution in [3.8, 4) is 0 Å². The van der Waals surface area contributed by atoms with Crippen LogP contribution in [-0.4, -0.2) is 19.8 Å². The molecule has 0 aliphatic rings. The predicted octanol–water partition coefficient (Wildman–Crippen LogP) is 3.31. The molecule has 7 heteroatoms. The number of thioether (sulfide) groups is 1.